The number of methoxy groups -OCH3 is 2. The van der Waals surface area contributed by atoms with Crippen molar-refractivity contribution in [2.45, 2.75) is 19.8 Å². The SMILES string of the molecule is CCCC(=O)Oc1c(Cl)cc(C=C2N=C(c3ccc(OC)cc3)OC2=O)cc1OC. The second kappa shape index (κ2) is 9.45. The van der Waals surface area contributed by atoms with Gasteiger partial charge in [-0.05, 0) is 54.5 Å². The lowest BCUT2D eigenvalue weighted by atomic mass is 10.1. The molecule has 0 saturated carbocycles. The molecule has 0 radical (unpaired) electrons. The third-order valence-electron chi connectivity index (χ3n) is 4.18. The minimum absolute atomic E-state index is 0.106. The van der Waals surface area contributed by atoms with Crippen LogP contribution in [0.2, 0.25) is 5.02 Å². The van der Waals surface area contributed by atoms with E-state index >= 15 is 0 Å². The van der Waals surface area contributed by atoms with Crippen LogP contribution in [0.15, 0.2) is 47.1 Å². The van der Waals surface area contributed by atoms with Gasteiger partial charge >= 0.3 is 11.9 Å². The highest BCUT2D eigenvalue weighted by Gasteiger charge is 2.25. The van der Waals surface area contributed by atoms with E-state index in [1.807, 2.05) is 6.92 Å². The van der Waals surface area contributed by atoms with Gasteiger partial charge in [0.05, 0.1) is 19.2 Å². The second-order valence-corrected chi connectivity index (χ2v) is 6.73. The zero-order chi connectivity index (χ0) is 21.7. The molecular formula is C22H20ClNO6. The summed E-state index contributed by atoms with van der Waals surface area (Å²) in [4.78, 5) is 28.3. The van der Waals surface area contributed by atoms with Crippen LogP contribution in [0.1, 0.15) is 30.9 Å². The maximum absolute atomic E-state index is 12.2. The third-order valence-corrected chi connectivity index (χ3v) is 4.46. The van der Waals surface area contributed by atoms with Crippen molar-refractivity contribution < 1.29 is 28.5 Å². The van der Waals surface area contributed by atoms with Crippen LogP contribution in [-0.4, -0.2) is 32.1 Å². The van der Waals surface area contributed by atoms with E-state index in [0.29, 0.717) is 23.3 Å². The van der Waals surface area contributed by atoms with Gasteiger partial charge in [0.2, 0.25) is 5.90 Å². The highest BCUT2D eigenvalue weighted by atomic mass is 35.5. The first kappa shape index (κ1) is 21.4. The Hall–Kier alpha value is -3.32. The zero-order valence-electron chi connectivity index (χ0n) is 16.7. The molecule has 0 fully saturated rings. The minimum Gasteiger partial charge on any atom is -0.497 e. The lowest BCUT2D eigenvalue weighted by molar-refractivity contribution is -0.134. The van der Waals surface area contributed by atoms with Crippen molar-refractivity contribution in [1.82, 2.24) is 0 Å². The molecule has 1 heterocycles. The van der Waals surface area contributed by atoms with E-state index < -0.39 is 11.9 Å². The molecule has 0 amide bonds. The maximum atomic E-state index is 12.2. The van der Waals surface area contributed by atoms with Crippen molar-refractivity contribution in [3.63, 3.8) is 0 Å². The van der Waals surface area contributed by atoms with Crippen LogP contribution in [0.5, 0.6) is 17.2 Å². The first-order valence-electron chi connectivity index (χ1n) is 9.20. The van der Waals surface area contributed by atoms with Crippen molar-refractivity contribution >= 4 is 35.5 Å². The lowest BCUT2D eigenvalue weighted by Gasteiger charge is -2.11. The van der Waals surface area contributed by atoms with Gasteiger partial charge in [0, 0.05) is 12.0 Å². The first-order valence-corrected chi connectivity index (χ1v) is 9.58. The third kappa shape index (κ3) is 4.80. The fourth-order valence-corrected chi connectivity index (χ4v) is 2.97. The molecule has 8 heteroatoms. The van der Waals surface area contributed by atoms with Gasteiger partial charge in [0.25, 0.3) is 0 Å². The number of benzene rings is 2. The Kier molecular flexibility index (Phi) is 6.74. The van der Waals surface area contributed by atoms with Crippen LogP contribution in [-0.2, 0) is 14.3 Å². The van der Waals surface area contributed by atoms with Crippen molar-refractivity contribution in [1.29, 1.82) is 0 Å². The number of ether oxygens (including phenoxy) is 4. The summed E-state index contributed by atoms with van der Waals surface area (Å²) in [7, 11) is 3.00. The van der Waals surface area contributed by atoms with Gasteiger partial charge in [-0.3, -0.25) is 4.79 Å². The minimum atomic E-state index is -0.589. The van der Waals surface area contributed by atoms with Crippen molar-refractivity contribution in [2.75, 3.05) is 14.2 Å². The predicted molar refractivity (Wildman–Crippen MR) is 112 cm³/mol. The fraction of sp³-hybridized carbons (Fsp3) is 0.227. The highest BCUT2D eigenvalue weighted by molar-refractivity contribution is 6.32. The molecule has 0 N–H and O–H groups in total. The molecular weight excluding hydrogens is 410 g/mol. The Morgan fingerprint density at radius 1 is 1.17 bits per heavy atom. The van der Waals surface area contributed by atoms with E-state index in [2.05, 4.69) is 4.99 Å². The first-order chi connectivity index (χ1) is 14.4. The van der Waals surface area contributed by atoms with Crippen molar-refractivity contribution in [2.24, 2.45) is 4.99 Å². The molecule has 2 aromatic rings. The van der Waals surface area contributed by atoms with E-state index in [1.54, 1.807) is 43.5 Å². The number of hydrogen-bond acceptors (Lipinski definition) is 7. The summed E-state index contributed by atoms with van der Waals surface area (Å²) in [6, 6.07) is 10.1. The van der Waals surface area contributed by atoms with Gasteiger partial charge in [-0.15, -0.1) is 0 Å². The largest absolute Gasteiger partial charge is 0.497 e. The molecule has 3 rings (SSSR count). The van der Waals surface area contributed by atoms with Crippen LogP contribution in [0.3, 0.4) is 0 Å². The molecule has 1 aliphatic rings. The zero-order valence-corrected chi connectivity index (χ0v) is 17.5. The Morgan fingerprint density at radius 2 is 1.90 bits per heavy atom. The van der Waals surface area contributed by atoms with E-state index in [1.165, 1.54) is 13.2 Å². The summed E-state index contributed by atoms with van der Waals surface area (Å²) < 4.78 is 21.0. The topological polar surface area (TPSA) is 83.4 Å². The molecule has 0 unspecified atom stereocenters. The molecule has 2 aromatic carbocycles. The van der Waals surface area contributed by atoms with Gasteiger partial charge in [-0.2, -0.15) is 0 Å². The smallest absolute Gasteiger partial charge is 0.363 e. The van der Waals surface area contributed by atoms with E-state index in [-0.39, 0.29) is 34.5 Å². The fourth-order valence-electron chi connectivity index (χ4n) is 2.72. The normalized spacial score (nSPS) is 14.3. The summed E-state index contributed by atoms with van der Waals surface area (Å²) in [6.45, 7) is 1.87. The van der Waals surface area contributed by atoms with E-state index in [0.717, 1.165) is 0 Å². The Labute approximate surface area is 178 Å². The predicted octanol–water partition coefficient (Wildman–Crippen LogP) is 4.41. The second-order valence-electron chi connectivity index (χ2n) is 6.32. The number of hydrogen-bond donors (Lipinski definition) is 0. The number of nitrogens with zero attached hydrogens (tertiary/aromatic N) is 1. The lowest BCUT2D eigenvalue weighted by Crippen LogP contribution is -2.08. The maximum Gasteiger partial charge on any atom is 0.363 e. The number of aliphatic imine (C=N–C) groups is 1. The van der Waals surface area contributed by atoms with Gasteiger partial charge in [0.15, 0.2) is 17.2 Å². The van der Waals surface area contributed by atoms with E-state index in [4.69, 9.17) is 30.5 Å². The molecule has 30 heavy (non-hydrogen) atoms. The number of rotatable bonds is 7. The Morgan fingerprint density at radius 3 is 2.53 bits per heavy atom. The van der Waals surface area contributed by atoms with Crippen LogP contribution in [0, 0.1) is 0 Å². The average Bonchev–Trinajstić information content (AvgIpc) is 3.10. The van der Waals surface area contributed by atoms with Gasteiger partial charge < -0.3 is 18.9 Å². The molecule has 0 aromatic heterocycles. The summed E-state index contributed by atoms with van der Waals surface area (Å²) in [6.07, 6.45) is 2.43. The van der Waals surface area contributed by atoms with E-state index in [9.17, 15) is 9.59 Å². The molecule has 0 saturated heterocycles. The number of carbonyl (C=O) groups is 2. The molecule has 1 aliphatic heterocycles. The number of halogens is 1. The summed E-state index contributed by atoms with van der Waals surface area (Å²) >= 11 is 6.28. The quantitative estimate of drug-likeness (QED) is 0.368. The van der Waals surface area contributed by atoms with Crippen LogP contribution >= 0.6 is 11.6 Å². The standard InChI is InChI=1S/C22H20ClNO6/c1-4-5-19(25)29-20-16(23)10-13(12-18(20)28-3)11-17-22(26)30-21(24-17)14-6-8-15(27-2)9-7-14/h6-12H,4-5H2,1-3H3. The van der Waals surface area contributed by atoms with Crippen LogP contribution in [0.25, 0.3) is 6.08 Å². The van der Waals surface area contributed by atoms with Crippen molar-refractivity contribution in [3.05, 3.63) is 58.2 Å². The summed E-state index contributed by atoms with van der Waals surface area (Å²) in [5.41, 5.74) is 1.29. The molecule has 156 valence electrons. The van der Waals surface area contributed by atoms with Crippen LogP contribution < -0.4 is 14.2 Å². The monoisotopic (exact) mass is 429 g/mol. The van der Waals surface area contributed by atoms with Gasteiger partial charge in [-0.1, -0.05) is 18.5 Å². The molecule has 7 nitrogen and oxygen atoms in total. The van der Waals surface area contributed by atoms with Crippen LogP contribution in [0.4, 0.5) is 0 Å². The average molecular weight is 430 g/mol. The number of cyclic esters (lactones) is 1. The summed E-state index contributed by atoms with van der Waals surface area (Å²) in [5.74, 6) is 0.282. The highest BCUT2D eigenvalue weighted by Crippen LogP contribution is 2.37. The molecule has 0 spiro atoms. The van der Waals surface area contributed by atoms with Crippen molar-refractivity contribution in [3.8, 4) is 17.2 Å². The summed E-state index contributed by atoms with van der Waals surface area (Å²) in [5, 5.41) is 0.177. The number of carbonyl (C=O) groups excluding carboxylic acids is 2. The Bertz CT molecular complexity index is 1030. The van der Waals surface area contributed by atoms with Gasteiger partial charge in [0.1, 0.15) is 5.75 Å². The Balaban J connectivity index is 1.89. The molecule has 0 atom stereocenters. The number of esters is 2. The van der Waals surface area contributed by atoms with Gasteiger partial charge in [-0.25, -0.2) is 9.79 Å². The molecule has 0 aliphatic carbocycles. The molecule has 0 bridgehead atoms.